The topological polar surface area (TPSA) is 102 Å². The predicted octanol–water partition coefficient (Wildman–Crippen LogP) is 2.72. The van der Waals surface area contributed by atoms with Crippen molar-refractivity contribution in [2.75, 3.05) is 13.2 Å². The molecule has 0 radical (unpaired) electrons. The van der Waals surface area contributed by atoms with Gasteiger partial charge < -0.3 is 10.1 Å². The number of rotatable bonds is 9. The summed E-state index contributed by atoms with van der Waals surface area (Å²) < 4.78 is 31.9. The van der Waals surface area contributed by atoms with Gasteiger partial charge in [0.2, 0.25) is 10.0 Å². The van der Waals surface area contributed by atoms with Crippen LogP contribution in [0.4, 0.5) is 0 Å². The largest absolute Gasteiger partial charge is 0.452 e. The quantitative estimate of drug-likeness (QED) is 0.596. The summed E-state index contributed by atoms with van der Waals surface area (Å²) in [6, 6.07) is 13.8. The van der Waals surface area contributed by atoms with Gasteiger partial charge in [0.05, 0.1) is 16.5 Å². The lowest BCUT2D eigenvalue weighted by molar-refractivity contribution is -0.125. The Morgan fingerprint density at radius 1 is 1.13 bits per heavy atom. The zero-order valence-electron chi connectivity index (χ0n) is 17.1. The molecule has 160 valence electrons. The highest BCUT2D eigenvalue weighted by molar-refractivity contribution is 7.89. The number of amides is 1. The fraction of sp³-hybridized carbons (Fsp3) is 0.364. The number of hydrogen-bond donors (Lipinski definition) is 2. The van der Waals surface area contributed by atoms with Crippen LogP contribution in [0.5, 0.6) is 0 Å². The highest BCUT2D eigenvalue weighted by atomic mass is 32.2. The van der Waals surface area contributed by atoms with Gasteiger partial charge in [-0.3, -0.25) is 4.79 Å². The molecule has 2 N–H and O–H groups in total. The van der Waals surface area contributed by atoms with Crippen molar-refractivity contribution in [2.45, 2.75) is 37.6 Å². The lowest BCUT2D eigenvalue weighted by Crippen LogP contribution is -2.33. The summed E-state index contributed by atoms with van der Waals surface area (Å²) in [7, 11) is -3.70. The first-order chi connectivity index (χ1) is 14.3. The third kappa shape index (κ3) is 5.46. The molecule has 2 aromatic rings. The van der Waals surface area contributed by atoms with Crippen LogP contribution in [0.2, 0.25) is 0 Å². The Morgan fingerprint density at radius 2 is 1.83 bits per heavy atom. The predicted molar refractivity (Wildman–Crippen MR) is 112 cm³/mol. The van der Waals surface area contributed by atoms with E-state index < -0.39 is 28.5 Å². The second-order valence-electron chi connectivity index (χ2n) is 7.35. The molecule has 0 spiro atoms. The van der Waals surface area contributed by atoms with E-state index in [4.69, 9.17) is 4.74 Å². The molecule has 2 aromatic carbocycles. The van der Waals surface area contributed by atoms with Crippen molar-refractivity contribution in [1.29, 1.82) is 0 Å². The Bertz CT molecular complexity index is 1020. The van der Waals surface area contributed by atoms with Crippen molar-refractivity contribution in [3.05, 3.63) is 65.2 Å². The van der Waals surface area contributed by atoms with Gasteiger partial charge in [-0.25, -0.2) is 17.9 Å². The minimum atomic E-state index is -3.70. The van der Waals surface area contributed by atoms with Crippen LogP contribution in [0.3, 0.4) is 0 Å². The van der Waals surface area contributed by atoms with Crippen LogP contribution in [-0.4, -0.2) is 33.4 Å². The molecule has 1 atom stereocenters. The molecular weight excluding hydrogens is 404 g/mol. The summed E-state index contributed by atoms with van der Waals surface area (Å²) >= 11 is 0. The van der Waals surface area contributed by atoms with Gasteiger partial charge in [0.15, 0.2) is 6.61 Å². The second-order valence-corrected chi connectivity index (χ2v) is 9.11. The highest BCUT2D eigenvalue weighted by Crippen LogP contribution is 2.40. The van der Waals surface area contributed by atoms with E-state index in [0.717, 1.165) is 18.4 Å². The summed E-state index contributed by atoms with van der Waals surface area (Å²) in [5.74, 6) is -0.737. The molecule has 0 heterocycles. The lowest BCUT2D eigenvalue weighted by atomic mass is 10.0. The van der Waals surface area contributed by atoms with Crippen molar-refractivity contribution in [3.8, 4) is 0 Å². The van der Waals surface area contributed by atoms with Gasteiger partial charge in [0.25, 0.3) is 5.91 Å². The molecule has 1 aliphatic rings. The van der Waals surface area contributed by atoms with E-state index in [2.05, 4.69) is 10.0 Å². The Kier molecular flexibility index (Phi) is 6.89. The van der Waals surface area contributed by atoms with Crippen molar-refractivity contribution in [1.82, 2.24) is 10.0 Å². The molecular formula is C22H26N2O5S. The number of hydrogen-bond acceptors (Lipinski definition) is 5. The standard InChI is InChI=1S/C22H26N2O5S/c1-3-23-30(27,28)18-12-9-15(2)19(13-18)22(26)29-14-20(25)24-21(17-10-11-17)16-7-5-4-6-8-16/h4-9,12-13,17,21,23H,3,10-11,14H2,1-2H3,(H,24,25). The van der Waals surface area contributed by atoms with Crippen molar-refractivity contribution in [3.63, 3.8) is 0 Å². The molecule has 1 saturated carbocycles. The van der Waals surface area contributed by atoms with Crippen molar-refractivity contribution < 1.29 is 22.7 Å². The van der Waals surface area contributed by atoms with Crippen LogP contribution in [-0.2, 0) is 19.6 Å². The number of nitrogens with one attached hydrogen (secondary N) is 2. The van der Waals surface area contributed by atoms with E-state index >= 15 is 0 Å². The van der Waals surface area contributed by atoms with E-state index in [0.29, 0.717) is 11.5 Å². The minimum Gasteiger partial charge on any atom is -0.452 e. The Morgan fingerprint density at radius 3 is 2.47 bits per heavy atom. The number of ether oxygens (including phenoxy) is 1. The number of aryl methyl sites for hydroxylation is 1. The first-order valence-electron chi connectivity index (χ1n) is 9.93. The zero-order valence-corrected chi connectivity index (χ0v) is 17.9. The van der Waals surface area contributed by atoms with Gasteiger partial charge in [-0.15, -0.1) is 0 Å². The molecule has 1 fully saturated rings. The zero-order chi connectivity index (χ0) is 21.7. The van der Waals surface area contributed by atoms with E-state index in [1.807, 2.05) is 30.3 Å². The van der Waals surface area contributed by atoms with Gasteiger partial charge in [-0.2, -0.15) is 0 Å². The van der Waals surface area contributed by atoms with Crippen LogP contribution in [0, 0.1) is 12.8 Å². The molecule has 1 aliphatic carbocycles. The molecule has 0 aromatic heterocycles. The fourth-order valence-electron chi connectivity index (χ4n) is 3.25. The Balaban J connectivity index is 1.64. The maximum atomic E-state index is 12.5. The van der Waals surface area contributed by atoms with Gasteiger partial charge in [0.1, 0.15) is 0 Å². The van der Waals surface area contributed by atoms with Crippen LogP contribution >= 0.6 is 0 Å². The average molecular weight is 431 g/mol. The smallest absolute Gasteiger partial charge is 0.338 e. The number of carbonyl (C=O) groups excluding carboxylic acids is 2. The number of benzene rings is 2. The van der Waals surface area contributed by atoms with Crippen LogP contribution in [0.1, 0.15) is 47.3 Å². The molecule has 1 amide bonds. The molecule has 8 heteroatoms. The normalized spacial score (nSPS) is 14.7. The van der Waals surface area contributed by atoms with E-state index in [-0.39, 0.29) is 23.0 Å². The Hall–Kier alpha value is -2.71. The van der Waals surface area contributed by atoms with Crippen molar-refractivity contribution >= 4 is 21.9 Å². The Labute approximate surface area is 176 Å². The lowest BCUT2D eigenvalue weighted by Gasteiger charge is -2.19. The highest BCUT2D eigenvalue weighted by Gasteiger charge is 2.33. The molecule has 1 unspecified atom stereocenters. The van der Waals surface area contributed by atoms with Gasteiger partial charge in [0, 0.05) is 6.54 Å². The minimum absolute atomic E-state index is 0.0239. The maximum absolute atomic E-state index is 12.5. The number of carbonyl (C=O) groups is 2. The molecule has 0 bridgehead atoms. The third-order valence-corrected chi connectivity index (χ3v) is 6.52. The van der Waals surface area contributed by atoms with Crippen molar-refractivity contribution in [2.24, 2.45) is 5.92 Å². The summed E-state index contributed by atoms with van der Waals surface area (Å²) in [5.41, 5.74) is 1.71. The van der Waals surface area contributed by atoms with E-state index in [9.17, 15) is 18.0 Å². The van der Waals surface area contributed by atoms with Crippen LogP contribution < -0.4 is 10.0 Å². The van der Waals surface area contributed by atoms with Crippen LogP contribution in [0.25, 0.3) is 0 Å². The molecule has 0 saturated heterocycles. The van der Waals surface area contributed by atoms with Gasteiger partial charge in [-0.05, 0) is 48.9 Å². The summed E-state index contributed by atoms with van der Waals surface area (Å²) in [6.45, 7) is 3.15. The third-order valence-electron chi connectivity index (χ3n) is 4.98. The second kappa shape index (κ2) is 9.40. The molecule has 0 aliphatic heterocycles. The maximum Gasteiger partial charge on any atom is 0.338 e. The summed E-state index contributed by atoms with van der Waals surface area (Å²) in [5, 5.41) is 2.95. The van der Waals surface area contributed by atoms with Gasteiger partial charge in [-0.1, -0.05) is 43.3 Å². The summed E-state index contributed by atoms with van der Waals surface area (Å²) in [6.07, 6.45) is 2.10. The average Bonchev–Trinajstić information content (AvgIpc) is 3.56. The molecule has 30 heavy (non-hydrogen) atoms. The van der Waals surface area contributed by atoms with Crippen LogP contribution in [0.15, 0.2) is 53.4 Å². The monoisotopic (exact) mass is 430 g/mol. The molecule has 3 rings (SSSR count). The molecule has 7 nitrogen and oxygen atoms in total. The number of sulfonamides is 1. The SMILES string of the molecule is CCNS(=O)(=O)c1ccc(C)c(C(=O)OCC(=O)NC(c2ccccc2)C2CC2)c1. The van der Waals surface area contributed by atoms with E-state index in [1.165, 1.54) is 12.1 Å². The fourth-order valence-corrected chi connectivity index (χ4v) is 4.32. The number of esters is 1. The first kappa shape index (κ1) is 22.0. The van der Waals surface area contributed by atoms with E-state index in [1.54, 1.807) is 19.9 Å². The first-order valence-corrected chi connectivity index (χ1v) is 11.4. The summed E-state index contributed by atoms with van der Waals surface area (Å²) in [4.78, 5) is 24.9. The van der Waals surface area contributed by atoms with Gasteiger partial charge >= 0.3 is 5.97 Å².